The average Bonchev–Trinajstić information content (AvgIpc) is 3.31. The first kappa shape index (κ1) is 22.2. The Morgan fingerprint density at radius 3 is 2.61 bits per heavy atom. The summed E-state index contributed by atoms with van der Waals surface area (Å²) in [5, 5.41) is 0. The van der Waals surface area contributed by atoms with E-state index in [9.17, 15) is 9.59 Å². The van der Waals surface area contributed by atoms with E-state index >= 15 is 0 Å². The molecule has 5 rings (SSSR count). The number of amides is 1. The molecular weight excluding hydrogens is 414 g/mol. The van der Waals surface area contributed by atoms with Crippen LogP contribution in [-0.4, -0.2) is 46.0 Å². The monoisotopic (exact) mass is 449 g/mol. The number of imidazole rings is 1. The van der Waals surface area contributed by atoms with Gasteiger partial charge in [0.1, 0.15) is 5.82 Å². The van der Waals surface area contributed by atoms with Crippen molar-refractivity contribution in [1.29, 1.82) is 0 Å². The zero-order valence-corrected chi connectivity index (χ0v) is 20.0. The fourth-order valence-electron chi connectivity index (χ4n) is 6.82. The van der Waals surface area contributed by atoms with Crippen molar-refractivity contribution in [2.24, 2.45) is 17.8 Å². The highest BCUT2D eigenvalue weighted by Crippen LogP contribution is 2.63. The van der Waals surface area contributed by atoms with Crippen LogP contribution in [0.25, 0.3) is 0 Å². The van der Waals surface area contributed by atoms with E-state index in [1.54, 1.807) is 0 Å². The zero-order valence-electron chi connectivity index (χ0n) is 20.0. The van der Waals surface area contributed by atoms with Crippen molar-refractivity contribution in [3.05, 3.63) is 53.1 Å². The van der Waals surface area contributed by atoms with Crippen molar-refractivity contribution in [3.8, 4) is 0 Å². The third-order valence-corrected chi connectivity index (χ3v) is 8.17. The molecule has 1 aliphatic heterocycles. The fraction of sp³-hybridized carbons (Fsp3) is 0.593. The van der Waals surface area contributed by atoms with Crippen molar-refractivity contribution >= 4 is 11.9 Å². The van der Waals surface area contributed by atoms with Crippen LogP contribution in [0.1, 0.15) is 79.3 Å². The predicted molar refractivity (Wildman–Crippen MR) is 126 cm³/mol. The fourth-order valence-corrected chi connectivity index (χ4v) is 6.82. The standard InChI is InChI=1S/C27H35N3O3/c1-4-7-22-28-15-21(30(22)16-17-10-12-18(13-11-17)27(32)33-3)24-19-8-6-9-20-23(19)25(24)26(31)29(20)14-5-2/h10-13,15,19-20,23-25H,4-9,14,16H2,1-3H3. The van der Waals surface area contributed by atoms with Gasteiger partial charge in [-0.05, 0) is 55.2 Å². The van der Waals surface area contributed by atoms with Crippen LogP contribution in [0.15, 0.2) is 30.5 Å². The lowest BCUT2D eigenvalue weighted by atomic mass is 9.51. The molecule has 1 amide bonds. The Kier molecular flexibility index (Phi) is 6.02. The summed E-state index contributed by atoms with van der Waals surface area (Å²) >= 11 is 0. The second-order valence-corrected chi connectivity index (χ2v) is 9.95. The van der Waals surface area contributed by atoms with Crippen LogP contribution in [0.4, 0.5) is 0 Å². The summed E-state index contributed by atoms with van der Waals surface area (Å²) < 4.78 is 7.19. The van der Waals surface area contributed by atoms with E-state index in [4.69, 9.17) is 9.72 Å². The normalized spacial score (nSPS) is 27.9. The molecule has 3 fully saturated rings. The summed E-state index contributed by atoms with van der Waals surface area (Å²) in [5.74, 6) is 2.67. The minimum absolute atomic E-state index is 0.124. The third kappa shape index (κ3) is 3.58. The number of hydrogen-bond acceptors (Lipinski definition) is 4. The van der Waals surface area contributed by atoms with Gasteiger partial charge in [0.15, 0.2) is 0 Å². The maximum Gasteiger partial charge on any atom is 0.337 e. The molecule has 1 aromatic heterocycles. The van der Waals surface area contributed by atoms with Gasteiger partial charge in [-0.15, -0.1) is 0 Å². The van der Waals surface area contributed by atoms with Gasteiger partial charge in [0.25, 0.3) is 0 Å². The van der Waals surface area contributed by atoms with Gasteiger partial charge in [0, 0.05) is 43.4 Å². The Labute approximate surface area is 196 Å². The molecule has 5 atom stereocenters. The Hall–Kier alpha value is -2.63. The number of carbonyl (C=O) groups is 2. The molecule has 2 heterocycles. The first-order valence-electron chi connectivity index (χ1n) is 12.6. The molecule has 2 aromatic rings. The summed E-state index contributed by atoms with van der Waals surface area (Å²) in [6, 6.07) is 8.09. The molecule has 3 aliphatic rings. The Balaban J connectivity index is 1.46. The minimum atomic E-state index is -0.319. The average molecular weight is 450 g/mol. The van der Waals surface area contributed by atoms with E-state index in [1.807, 2.05) is 30.5 Å². The molecule has 0 radical (unpaired) electrons. The summed E-state index contributed by atoms with van der Waals surface area (Å²) in [7, 11) is 1.40. The molecule has 2 saturated carbocycles. The van der Waals surface area contributed by atoms with Crippen LogP contribution in [-0.2, 0) is 22.5 Å². The zero-order chi connectivity index (χ0) is 23.1. The number of esters is 1. The van der Waals surface area contributed by atoms with E-state index < -0.39 is 0 Å². The lowest BCUT2D eigenvalue weighted by Crippen LogP contribution is -2.50. The van der Waals surface area contributed by atoms with Gasteiger partial charge < -0.3 is 14.2 Å². The van der Waals surface area contributed by atoms with Gasteiger partial charge in [-0.2, -0.15) is 0 Å². The van der Waals surface area contributed by atoms with Crippen LogP contribution < -0.4 is 0 Å². The van der Waals surface area contributed by atoms with Crippen LogP contribution in [0.3, 0.4) is 0 Å². The number of aryl methyl sites for hydroxylation is 1. The van der Waals surface area contributed by atoms with Crippen molar-refractivity contribution < 1.29 is 14.3 Å². The van der Waals surface area contributed by atoms with Gasteiger partial charge in [-0.1, -0.05) is 32.4 Å². The number of methoxy groups -OCH3 is 1. The van der Waals surface area contributed by atoms with Crippen LogP contribution in [0.2, 0.25) is 0 Å². The first-order valence-corrected chi connectivity index (χ1v) is 12.6. The molecule has 33 heavy (non-hydrogen) atoms. The number of ether oxygens (including phenoxy) is 1. The molecule has 0 bridgehead atoms. The number of aromatic nitrogens is 2. The molecular formula is C27H35N3O3. The number of hydrogen-bond donors (Lipinski definition) is 0. The molecule has 6 nitrogen and oxygen atoms in total. The van der Waals surface area contributed by atoms with Crippen LogP contribution in [0, 0.1) is 17.8 Å². The SMILES string of the molecule is CCCc1ncc(C2C3CCCC4C3C2C(=O)N4CCC)n1Cc1ccc(C(=O)OC)cc1. The van der Waals surface area contributed by atoms with Gasteiger partial charge in [-0.3, -0.25) is 4.79 Å². The number of carbonyl (C=O) groups excluding carboxylic acids is 2. The maximum atomic E-state index is 13.5. The van der Waals surface area contributed by atoms with E-state index in [-0.39, 0.29) is 17.8 Å². The second-order valence-electron chi connectivity index (χ2n) is 9.95. The number of likely N-dealkylation sites (tertiary alicyclic amines) is 1. The second kappa shape index (κ2) is 8.96. The maximum absolute atomic E-state index is 13.5. The molecule has 1 saturated heterocycles. The Morgan fingerprint density at radius 1 is 1.12 bits per heavy atom. The van der Waals surface area contributed by atoms with Crippen LogP contribution in [0.5, 0.6) is 0 Å². The summed E-state index contributed by atoms with van der Waals surface area (Å²) in [5.41, 5.74) is 2.92. The third-order valence-electron chi connectivity index (χ3n) is 8.17. The van der Waals surface area contributed by atoms with Crippen LogP contribution >= 0.6 is 0 Å². The first-order chi connectivity index (χ1) is 16.1. The molecule has 5 unspecified atom stereocenters. The molecule has 2 aliphatic carbocycles. The largest absolute Gasteiger partial charge is 0.465 e. The van der Waals surface area contributed by atoms with E-state index in [2.05, 4.69) is 23.3 Å². The number of benzene rings is 1. The quantitative estimate of drug-likeness (QED) is 0.560. The van der Waals surface area contributed by atoms with Crippen molar-refractivity contribution in [2.75, 3.05) is 13.7 Å². The lowest BCUT2D eigenvalue weighted by molar-refractivity contribution is -0.135. The highest BCUT2D eigenvalue weighted by molar-refractivity contribution is 5.89. The van der Waals surface area contributed by atoms with Crippen molar-refractivity contribution in [1.82, 2.24) is 14.5 Å². The highest BCUT2D eigenvalue weighted by atomic mass is 16.5. The van der Waals surface area contributed by atoms with Gasteiger partial charge in [0.05, 0.1) is 18.6 Å². The van der Waals surface area contributed by atoms with E-state index in [0.29, 0.717) is 35.9 Å². The van der Waals surface area contributed by atoms with Gasteiger partial charge >= 0.3 is 5.97 Å². The summed E-state index contributed by atoms with van der Waals surface area (Å²) in [6.45, 7) is 5.95. The molecule has 176 valence electrons. The smallest absolute Gasteiger partial charge is 0.337 e. The Morgan fingerprint density at radius 2 is 1.91 bits per heavy atom. The lowest BCUT2D eigenvalue weighted by Gasteiger charge is -2.51. The van der Waals surface area contributed by atoms with Gasteiger partial charge in [0.2, 0.25) is 5.91 Å². The van der Waals surface area contributed by atoms with Crippen molar-refractivity contribution in [3.63, 3.8) is 0 Å². The number of rotatable bonds is 8. The van der Waals surface area contributed by atoms with Gasteiger partial charge in [-0.25, -0.2) is 9.78 Å². The topological polar surface area (TPSA) is 64.4 Å². The molecule has 6 heteroatoms. The summed E-state index contributed by atoms with van der Waals surface area (Å²) in [4.78, 5) is 32.3. The van der Waals surface area contributed by atoms with Crippen molar-refractivity contribution in [2.45, 2.75) is 70.9 Å². The Bertz CT molecular complexity index is 1030. The molecule has 0 N–H and O–H groups in total. The number of nitrogens with zero attached hydrogens (tertiary/aromatic N) is 3. The van der Waals surface area contributed by atoms with E-state index in [1.165, 1.54) is 32.1 Å². The highest BCUT2D eigenvalue weighted by Gasteiger charge is 2.65. The van der Waals surface area contributed by atoms with E-state index in [0.717, 1.165) is 37.2 Å². The predicted octanol–water partition coefficient (Wildman–Crippen LogP) is 4.42. The molecule has 0 spiro atoms. The molecule has 1 aromatic carbocycles. The minimum Gasteiger partial charge on any atom is -0.465 e. The summed E-state index contributed by atoms with van der Waals surface area (Å²) in [6.07, 6.45) is 8.63.